The first-order chi connectivity index (χ1) is 8.90. The Morgan fingerprint density at radius 3 is 2.89 bits per heavy atom. The molecule has 0 spiro atoms. The highest BCUT2D eigenvalue weighted by molar-refractivity contribution is 5.38. The molecule has 0 aromatic heterocycles. The summed E-state index contributed by atoms with van der Waals surface area (Å²) in [6.45, 7) is 2.44. The highest BCUT2D eigenvalue weighted by atomic mass is 16.5. The Morgan fingerprint density at radius 1 is 1.22 bits per heavy atom. The fourth-order valence-electron chi connectivity index (χ4n) is 3.16. The average Bonchev–Trinajstić information content (AvgIpc) is 2.94. The third-order valence-electron chi connectivity index (χ3n) is 4.10. The van der Waals surface area contributed by atoms with Gasteiger partial charge in [-0.15, -0.1) is 0 Å². The summed E-state index contributed by atoms with van der Waals surface area (Å²) in [5.41, 5.74) is 4.30. The molecule has 0 radical (unpaired) electrons. The van der Waals surface area contributed by atoms with Crippen LogP contribution in [-0.2, 0) is 4.74 Å². The molecule has 0 bridgehead atoms. The summed E-state index contributed by atoms with van der Waals surface area (Å²) >= 11 is 0. The van der Waals surface area contributed by atoms with E-state index in [-0.39, 0.29) is 6.04 Å². The van der Waals surface area contributed by atoms with Crippen molar-refractivity contribution in [3.05, 3.63) is 29.8 Å². The Hall–Kier alpha value is -1.10. The molecule has 1 aromatic carbocycles. The van der Waals surface area contributed by atoms with Gasteiger partial charge in [-0.25, -0.2) is 0 Å². The quantitative estimate of drug-likeness (QED) is 0.627. The van der Waals surface area contributed by atoms with E-state index in [0.717, 1.165) is 38.4 Å². The molecule has 3 atom stereocenters. The van der Waals surface area contributed by atoms with E-state index in [1.807, 2.05) is 12.1 Å². The maximum absolute atomic E-state index is 5.79. The summed E-state index contributed by atoms with van der Waals surface area (Å²) in [6, 6.07) is 8.56. The minimum absolute atomic E-state index is 0.276. The van der Waals surface area contributed by atoms with Crippen LogP contribution in [0, 0.1) is 5.92 Å². The van der Waals surface area contributed by atoms with Crippen molar-refractivity contribution in [2.24, 2.45) is 11.8 Å². The molecule has 1 aromatic rings. The molecule has 4 nitrogen and oxygen atoms in total. The van der Waals surface area contributed by atoms with E-state index in [4.69, 9.17) is 15.3 Å². The van der Waals surface area contributed by atoms with E-state index < -0.39 is 0 Å². The summed E-state index contributed by atoms with van der Waals surface area (Å²) < 4.78 is 11.2. The van der Waals surface area contributed by atoms with E-state index in [1.165, 1.54) is 5.56 Å². The van der Waals surface area contributed by atoms with Gasteiger partial charge in [-0.2, -0.15) is 0 Å². The number of nitrogens with one attached hydrogen (secondary N) is 1. The highest BCUT2D eigenvalue weighted by Crippen LogP contribution is 2.38. The zero-order valence-electron chi connectivity index (χ0n) is 10.5. The van der Waals surface area contributed by atoms with E-state index in [0.29, 0.717) is 11.8 Å². The summed E-state index contributed by atoms with van der Waals surface area (Å²) in [7, 11) is 0. The summed E-state index contributed by atoms with van der Waals surface area (Å²) in [4.78, 5) is 0. The van der Waals surface area contributed by atoms with E-state index in [9.17, 15) is 0 Å². The molecule has 0 aliphatic carbocycles. The third-order valence-corrected chi connectivity index (χ3v) is 4.10. The molecular formula is C14H20N2O2. The van der Waals surface area contributed by atoms with E-state index in [2.05, 4.69) is 17.6 Å². The first-order valence-electron chi connectivity index (χ1n) is 6.65. The number of hydrogen-bond acceptors (Lipinski definition) is 4. The van der Waals surface area contributed by atoms with Crippen LogP contribution < -0.4 is 16.0 Å². The maximum Gasteiger partial charge on any atom is 0.122 e. The smallest absolute Gasteiger partial charge is 0.122 e. The van der Waals surface area contributed by atoms with Gasteiger partial charge in [-0.1, -0.05) is 18.2 Å². The molecule has 2 heterocycles. The lowest BCUT2D eigenvalue weighted by atomic mass is 9.80. The molecule has 0 amide bonds. The van der Waals surface area contributed by atoms with Crippen LogP contribution in [-0.4, -0.2) is 25.9 Å². The van der Waals surface area contributed by atoms with Gasteiger partial charge < -0.3 is 9.47 Å². The first-order valence-corrected chi connectivity index (χ1v) is 6.65. The lowest BCUT2D eigenvalue weighted by Crippen LogP contribution is -2.46. The number of ether oxygens (including phenoxy) is 2. The van der Waals surface area contributed by atoms with Crippen molar-refractivity contribution < 1.29 is 9.47 Å². The highest BCUT2D eigenvalue weighted by Gasteiger charge is 2.35. The van der Waals surface area contributed by atoms with Gasteiger partial charge in [-0.05, 0) is 24.5 Å². The van der Waals surface area contributed by atoms with Crippen molar-refractivity contribution in [2.45, 2.75) is 24.8 Å². The van der Waals surface area contributed by atoms with Gasteiger partial charge in [0.25, 0.3) is 0 Å². The van der Waals surface area contributed by atoms with Crippen LogP contribution >= 0.6 is 0 Å². The van der Waals surface area contributed by atoms with E-state index in [1.54, 1.807) is 0 Å². The molecule has 3 N–H and O–H groups in total. The van der Waals surface area contributed by atoms with Crippen molar-refractivity contribution >= 4 is 0 Å². The van der Waals surface area contributed by atoms with Gasteiger partial charge in [0.1, 0.15) is 5.75 Å². The van der Waals surface area contributed by atoms with Crippen LogP contribution in [0.15, 0.2) is 24.3 Å². The standard InChI is InChI=1S/C14H20N2O2/c15-16-14(10-5-7-17-9-10)12-6-8-18-13-4-2-1-3-11(12)13/h1-4,10,12,14,16H,5-9,15H2. The minimum Gasteiger partial charge on any atom is -0.493 e. The second-order valence-corrected chi connectivity index (χ2v) is 5.10. The van der Waals surface area contributed by atoms with Gasteiger partial charge in [0.15, 0.2) is 0 Å². The monoisotopic (exact) mass is 248 g/mol. The van der Waals surface area contributed by atoms with Crippen LogP contribution in [0.5, 0.6) is 5.75 Å². The molecule has 1 saturated heterocycles. The number of nitrogens with two attached hydrogens (primary N) is 1. The van der Waals surface area contributed by atoms with E-state index >= 15 is 0 Å². The molecule has 2 aliphatic heterocycles. The molecule has 0 saturated carbocycles. The lowest BCUT2D eigenvalue weighted by Gasteiger charge is -2.34. The van der Waals surface area contributed by atoms with Crippen molar-refractivity contribution in [3.63, 3.8) is 0 Å². The Morgan fingerprint density at radius 2 is 2.11 bits per heavy atom. The minimum atomic E-state index is 0.276. The predicted octanol–water partition coefficient (Wildman–Crippen LogP) is 1.42. The molecule has 18 heavy (non-hydrogen) atoms. The molecule has 98 valence electrons. The first kappa shape index (κ1) is 12.0. The Kier molecular flexibility index (Phi) is 3.50. The zero-order valence-corrected chi connectivity index (χ0v) is 10.5. The third kappa shape index (κ3) is 2.11. The maximum atomic E-state index is 5.79. The normalized spacial score (nSPS) is 28.5. The fourth-order valence-corrected chi connectivity index (χ4v) is 3.16. The molecule has 3 rings (SSSR count). The van der Waals surface area contributed by atoms with Crippen molar-refractivity contribution in [1.29, 1.82) is 0 Å². The van der Waals surface area contributed by atoms with Crippen LogP contribution in [0.1, 0.15) is 24.3 Å². The zero-order chi connectivity index (χ0) is 12.4. The SMILES string of the molecule is NNC(C1CCOC1)C1CCOc2ccccc21. The second kappa shape index (κ2) is 5.26. The largest absolute Gasteiger partial charge is 0.493 e. The van der Waals surface area contributed by atoms with Crippen LogP contribution in [0.2, 0.25) is 0 Å². The van der Waals surface area contributed by atoms with Crippen molar-refractivity contribution in [1.82, 2.24) is 5.43 Å². The number of hydrogen-bond donors (Lipinski definition) is 2. The molecule has 4 heteroatoms. The van der Waals surface area contributed by atoms with Crippen LogP contribution in [0.4, 0.5) is 0 Å². The van der Waals surface area contributed by atoms with Gasteiger partial charge in [0.2, 0.25) is 0 Å². The summed E-state index contributed by atoms with van der Waals surface area (Å²) in [6.07, 6.45) is 2.11. The number of para-hydroxylation sites is 1. The summed E-state index contributed by atoms with van der Waals surface area (Å²) in [5, 5.41) is 0. The van der Waals surface area contributed by atoms with Gasteiger partial charge in [-0.3, -0.25) is 11.3 Å². The molecule has 3 unspecified atom stereocenters. The Labute approximate surface area is 107 Å². The number of fused-ring (bicyclic) bond motifs is 1. The average molecular weight is 248 g/mol. The van der Waals surface area contributed by atoms with Gasteiger partial charge in [0, 0.05) is 24.5 Å². The number of rotatable bonds is 3. The molecular weight excluding hydrogens is 228 g/mol. The van der Waals surface area contributed by atoms with Crippen LogP contribution in [0.3, 0.4) is 0 Å². The van der Waals surface area contributed by atoms with Gasteiger partial charge in [0.05, 0.1) is 13.2 Å². The Bertz CT molecular complexity index is 405. The topological polar surface area (TPSA) is 56.5 Å². The van der Waals surface area contributed by atoms with Crippen molar-refractivity contribution in [2.75, 3.05) is 19.8 Å². The molecule has 1 fully saturated rings. The number of hydrazine groups is 1. The van der Waals surface area contributed by atoms with Crippen LogP contribution in [0.25, 0.3) is 0 Å². The fraction of sp³-hybridized carbons (Fsp3) is 0.571. The van der Waals surface area contributed by atoms with Crippen molar-refractivity contribution in [3.8, 4) is 5.75 Å². The lowest BCUT2D eigenvalue weighted by molar-refractivity contribution is 0.163. The Balaban J connectivity index is 1.87. The number of benzene rings is 1. The predicted molar refractivity (Wildman–Crippen MR) is 69.3 cm³/mol. The van der Waals surface area contributed by atoms with Gasteiger partial charge >= 0.3 is 0 Å². The summed E-state index contributed by atoms with van der Waals surface area (Å²) in [5.74, 6) is 7.73. The molecule has 2 aliphatic rings. The second-order valence-electron chi connectivity index (χ2n) is 5.10.